The highest BCUT2D eigenvalue weighted by Gasteiger charge is 2.19. The van der Waals surface area contributed by atoms with Gasteiger partial charge in [-0.25, -0.2) is 0 Å². The van der Waals surface area contributed by atoms with Crippen molar-refractivity contribution in [3.8, 4) is 16.6 Å². The fourth-order valence-electron chi connectivity index (χ4n) is 3.03. The Balaban J connectivity index is 1.60. The monoisotopic (exact) mass is 398 g/mol. The third-order valence-corrected chi connectivity index (χ3v) is 5.32. The van der Waals surface area contributed by atoms with Crippen LogP contribution in [0.3, 0.4) is 0 Å². The number of nitrogens with zero attached hydrogens (tertiary/aromatic N) is 3. The maximum atomic E-state index is 13.0. The third-order valence-electron chi connectivity index (χ3n) is 4.44. The maximum Gasteiger partial charge on any atom is 0.259 e. The van der Waals surface area contributed by atoms with Crippen molar-refractivity contribution < 1.29 is 4.79 Å². The van der Waals surface area contributed by atoms with Crippen LogP contribution in [-0.2, 0) is 13.0 Å². The van der Waals surface area contributed by atoms with Crippen LogP contribution in [-0.4, -0.2) is 15.7 Å². The molecule has 2 aromatic carbocycles. The van der Waals surface area contributed by atoms with Crippen LogP contribution < -0.4 is 5.32 Å². The molecule has 1 N–H and O–H groups in total. The van der Waals surface area contributed by atoms with Gasteiger partial charge < -0.3 is 5.32 Å². The average Bonchev–Trinajstić information content (AvgIpc) is 3.40. The molecule has 4 rings (SSSR count). The second-order valence-corrected chi connectivity index (χ2v) is 7.49. The fraction of sp³-hybridized carbons (Fsp3) is 0.0870. The lowest BCUT2D eigenvalue weighted by molar-refractivity contribution is 0.102. The summed E-state index contributed by atoms with van der Waals surface area (Å²) in [5.74, 6) is -0.208. The Morgan fingerprint density at radius 2 is 1.83 bits per heavy atom. The quantitative estimate of drug-likeness (QED) is 0.498. The lowest BCUT2D eigenvalue weighted by Crippen LogP contribution is -2.12. The predicted molar refractivity (Wildman–Crippen MR) is 115 cm³/mol. The summed E-state index contributed by atoms with van der Waals surface area (Å²) in [5.41, 5.74) is 3.93. The first-order chi connectivity index (χ1) is 14.2. The first-order valence-electron chi connectivity index (χ1n) is 9.15. The first kappa shape index (κ1) is 18.7. The van der Waals surface area contributed by atoms with Gasteiger partial charge in [-0.3, -0.25) is 9.48 Å². The Morgan fingerprint density at radius 1 is 1.03 bits per heavy atom. The minimum atomic E-state index is -0.208. The highest BCUT2D eigenvalue weighted by atomic mass is 32.1. The number of carbonyl (C=O) groups is 1. The molecular weight excluding hydrogens is 380 g/mol. The van der Waals surface area contributed by atoms with Crippen molar-refractivity contribution in [2.24, 2.45) is 0 Å². The number of nitrogens with one attached hydrogen (secondary N) is 1. The van der Waals surface area contributed by atoms with Gasteiger partial charge in [-0.15, -0.1) is 11.3 Å². The molecule has 0 saturated heterocycles. The van der Waals surface area contributed by atoms with Gasteiger partial charge in [-0.1, -0.05) is 48.5 Å². The zero-order valence-electron chi connectivity index (χ0n) is 15.6. The average molecular weight is 398 g/mol. The second-order valence-electron chi connectivity index (χ2n) is 6.54. The van der Waals surface area contributed by atoms with E-state index in [4.69, 9.17) is 5.26 Å². The largest absolute Gasteiger partial charge is 0.322 e. The van der Waals surface area contributed by atoms with E-state index >= 15 is 0 Å². The van der Waals surface area contributed by atoms with E-state index in [1.165, 1.54) is 0 Å². The molecule has 0 aliphatic rings. The van der Waals surface area contributed by atoms with E-state index in [1.54, 1.807) is 22.2 Å². The van der Waals surface area contributed by atoms with Gasteiger partial charge in [-0.2, -0.15) is 10.4 Å². The van der Waals surface area contributed by atoms with Crippen molar-refractivity contribution in [1.29, 1.82) is 5.26 Å². The topological polar surface area (TPSA) is 70.7 Å². The van der Waals surface area contributed by atoms with Gasteiger partial charge in [0.1, 0.15) is 5.69 Å². The van der Waals surface area contributed by atoms with Crippen LogP contribution in [0, 0.1) is 11.3 Å². The molecular formula is C23H18N4OS. The van der Waals surface area contributed by atoms with E-state index in [9.17, 15) is 4.79 Å². The second kappa shape index (κ2) is 8.55. The van der Waals surface area contributed by atoms with Crippen molar-refractivity contribution in [3.05, 3.63) is 95.0 Å². The molecule has 0 bridgehead atoms. The fourth-order valence-corrected chi connectivity index (χ4v) is 3.75. The number of hydrogen-bond donors (Lipinski definition) is 1. The number of benzene rings is 2. The van der Waals surface area contributed by atoms with E-state index in [0.29, 0.717) is 29.9 Å². The molecule has 4 aromatic rings. The Hall–Kier alpha value is -3.69. The molecule has 0 aliphatic heterocycles. The summed E-state index contributed by atoms with van der Waals surface area (Å²) in [6, 6.07) is 23.4. The lowest BCUT2D eigenvalue weighted by atomic mass is 10.1. The lowest BCUT2D eigenvalue weighted by Gasteiger charge is -2.05. The highest BCUT2D eigenvalue weighted by Crippen LogP contribution is 2.27. The number of thiophene rings is 1. The molecule has 2 heterocycles. The summed E-state index contributed by atoms with van der Waals surface area (Å²) in [5, 5.41) is 18.4. The minimum Gasteiger partial charge on any atom is -0.322 e. The molecule has 0 radical (unpaired) electrons. The molecule has 0 unspecified atom stereocenters. The van der Waals surface area contributed by atoms with Crippen molar-refractivity contribution >= 4 is 22.9 Å². The number of hydrogen-bond acceptors (Lipinski definition) is 4. The van der Waals surface area contributed by atoms with Crippen LogP contribution in [0.2, 0.25) is 0 Å². The van der Waals surface area contributed by atoms with Gasteiger partial charge in [0.05, 0.1) is 29.5 Å². The van der Waals surface area contributed by atoms with Crippen LogP contribution in [0.5, 0.6) is 0 Å². The Kier molecular flexibility index (Phi) is 5.50. The number of amides is 1. The molecule has 2 aromatic heterocycles. The summed E-state index contributed by atoms with van der Waals surface area (Å²) in [6.07, 6.45) is 2.14. The normalized spacial score (nSPS) is 10.4. The van der Waals surface area contributed by atoms with Gasteiger partial charge in [-0.05, 0) is 34.7 Å². The highest BCUT2D eigenvalue weighted by molar-refractivity contribution is 7.13. The summed E-state index contributed by atoms with van der Waals surface area (Å²) in [6.45, 7) is 0.593. The van der Waals surface area contributed by atoms with Gasteiger partial charge in [0.25, 0.3) is 5.91 Å². The van der Waals surface area contributed by atoms with Crippen LogP contribution in [0.15, 0.2) is 78.3 Å². The summed E-state index contributed by atoms with van der Waals surface area (Å²) in [4.78, 5) is 13.9. The Bertz CT molecular complexity index is 1140. The smallest absolute Gasteiger partial charge is 0.259 e. The van der Waals surface area contributed by atoms with Crippen LogP contribution >= 0.6 is 11.3 Å². The molecule has 6 heteroatoms. The standard InChI is InChI=1S/C23H18N4OS/c24-13-12-17-8-10-19(11-9-17)25-23(28)20-16-27(15-18-5-2-1-3-6-18)26-22(20)21-7-4-14-29-21/h1-11,14,16H,12,15H2,(H,25,28). The number of nitriles is 1. The molecule has 29 heavy (non-hydrogen) atoms. The SMILES string of the molecule is N#CCc1ccc(NC(=O)c2cn(Cc3ccccc3)nc2-c2cccs2)cc1. The third kappa shape index (κ3) is 4.42. The van der Waals surface area contributed by atoms with Gasteiger partial charge in [0.15, 0.2) is 0 Å². The zero-order valence-corrected chi connectivity index (χ0v) is 16.4. The van der Waals surface area contributed by atoms with Crippen molar-refractivity contribution in [2.45, 2.75) is 13.0 Å². The van der Waals surface area contributed by atoms with E-state index in [1.807, 2.05) is 72.1 Å². The summed E-state index contributed by atoms with van der Waals surface area (Å²) < 4.78 is 1.80. The molecule has 0 spiro atoms. The summed E-state index contributed by atoms with van der Waals surface area (Å²) >= 11 is 1.55. The number of anilines is 1. The molecule has 1 amide bonds. The molecule has 5 nitrogen and oxygen atoms in total. The maximum absolute atomic E-state index is 13.0. The van der Waals surface area contributed by atoms with Crippen molar-refractivity contribution in [2.75, 3.05) is 5.32 Å². The Labute approximate surface area is 172 Å². The molecule has 142 valence electrons. The predicted octanol–water partition coefficient (Wildman–Crippen LogP) is 4.98. The van der Waals surface area contributed by atoms with Crippen LogP contribution in [0.1, 0.15) is 21.5 Å². The number of carbonyl (C=O) groups excluding carboxylic acids is 1. The van der Waals surface area contributed by atoms with Gasteiger partial charge >= 0.3 is 0 Å². The van der Waals surface area contributed by atoms with E-state index in [-0.39, 0.29) is 5.91 Å². The minimum absolute atomic E-state index is 0.208. The molecule has 0 saturated carbocycles. The van der Waals surface area contributed by atoms with Gasteiger partial charge in [0.2, 0.25) is 0 Å². The number of aromatic nitrogens is 2. The summed E-state index contributed by atoms with van der Waals surface area (Å²) in [7, 11) is 0. The van der Waals surface area contributed by atoms with Crippen molar-refractivity contribution in [1.82, 2.24) is 9.78 Å². The van der Waals surface area contributed by atoms with Crippen LogP contribution in [0.25, 0.3) is 10.6 Å². The Morgan fingerprint density at radius 3 is 2.52 bits per heavy atom. The van der Waals surface area contributed by atoms with E-state index in [0.717, 1.165) is 16.0 Å². The first-order valence-corrected chi connectivity index (χ1v) is 10.0. The van der Waals surface area contributed by atoms with E-state index < -0.39 is 0 Å². The molecule has 0 fully saturated rings. The molecule has 0 aliphatic carbocycles. The van der Waals surface area contributed by atoms with Crippen molar-refractivity contribution in [3.63, 3.8) is 0 Å². The van der Waals surface area contributed by atoms with E-state index in [2.05, 4.69) is 16.5 Å². The van der Waals surface area contributed by atoms with Crippen LogP contribution in [0.4, 0.5) is 5.69 Å². The molecule has 0 atom stereocenters. The number of rotatable bonds is 6. The van der Waals surface area contributed by atoms with Gasteiger partial charge in [0, 0.05) is 11.9 Å². The zero-order chi connectivity index (χ0) is 20.1.